The quantitative estimate of drug-likeness (QED) is 0.497. The van der Waals surface area contributed by atoms with Crippen molar-refractivity contribution in [2.45, 2.75) is 13.0 Å². The number of hydrogen-bond acceptors (Lipinski definition) is 7. The SMILES string of the molecule is O=C(COC(=O)c1ccccc1NCc1ccco1)NCCc1ccc2c(c1)OCCO2. The van der Waals surface area contributed by atoms with Crippen LogP contribution in [0.5, 0.6) is 11.5 Å². The summed E-state index contributed by atoms with van der Waals surface area (Å²) in [7, 11) is 0. The summed E-state index contributed by atoms with van der Waals surface area (Å²) >= 11 is 0. The van der Waals surface area contributed by atoms with Gasteiger partial charge in [0, 0.05) is 12.2 Å². The van der Waals surface area contributed by atoms with Crippen molar-refractivity contribution < 1.29 is 28.2 Å². The summed E-state index contributed by atoms with van der Waals surface area (Å²) in [4.78, 5) is 24.6. The summed E-state index contributed by atoms with van der Waals surface area (Å²) in [5, 5.41) is 5.90. The van der Waals surface area contributed by atoms with Crippen molar-refractivity contribution in [3.05, 3.63) is 77.7 Å². The molecule has 32 heavy (non-hydrogen) atoms. The zero-order valence-electron chi connectivity index (χ0n) is 17.5. The van der Waals surface area contributed by atoms with Crippen LogP contribution >= 0.6 is 0 Å². The first kappa shape index (κ1) is 21.3. The molecule has 8 heteroatoms. The molecule has 1 aromatic heterocycles. The van der Waals surface area contributed by atoms with E-state index in [1.165, 1.54) is 0 Å². The Balaban J connectivity index is 1.22. The highest BCUT2D eigenvalue weighted by Crippen LogP contribution is 2.30. The third-order valence-corrected chi connectivity index (χ3v) is 4.86. The highest BCUT2D eigenvalue weighted by atomic mass is 16.6. The molecule has 1 amide bonds. The maximum absolute atomic E-state index is 12.5. The van der Waals surface area contributed by atoms with Crippen LogP contribution < -0.4 is 20.1 Å². The van der Waals surface area contributed by atoms with Crippen LogP contribution in [0.15, 0.2) is 65.3 Å². The van der Waals surface area contributed by atoms with Gasteiger partial charge in [-0.15, -0.1) is 0 Å². The molecule has 0 bridgehead atoms. The van der Waals surface area contributed by atoms with E-state index in [0.717, 1.165) is 17.1 Å². The number of fused-ring (bicyclic) bond motifs is 1. The lowest BCUT2D eigenvalue weighted by Gasteiger charge is -2.18. The highest BCUT2D eigenvalue weighted by molar-refractivity contribution is 5.96. The van der Waals surface area contributed by atoms with Crippen LogP contribution in [-0.4, -0.2) is 38.2 Å². The number of carbonyl (C=O) groups excluding carboxylic acids is 2. The smallest absolute Gasteiger partial charge is 0.340 e. The Bertz CT molecular complexity index is 1060. The number of esters is 1. The molecular formula is C24H24N2O6. The highest BCUT2D eigenvalue weighted by Gasteiger charge is 2.15. The molecule has 8 nitrogen and oxygen atoms in total. The second-order valence-corrected chi connectivity index (χ2v) is 7.13. The first-order chi connectivity index (χ1) is 15.7. The number of hydrogen-bond donors (Lipinski definition) is 2. The van der Waals surface area contributed by atoms with Gasteiger partial charge in [0.15, 0.2) is 18.1 Å². The third-order valence-electron chi connectivity index (χ3n) is 4.86. The minimum absolute atomic E-state index is 0.350. The summed E-state index contributed by atoms with van der Waals surface area (Å²) < 4.78 is 21.5. The number of ether oxygens (including phenoxy) is 3. The van der Waals surface area contributed by atoms with Gasteiger partial charge < -0.3 is 29.3 Å². The van der Waals surface area contributed by atoms with E-state index in [1.54, 1.807) is 30.5 Å². The Morgan fingerprint density at radius 1 is 0.969 bits per heavy atom. The Morgan fingerprint density at radius 3 is 2.66 bits per heavy atom. The number of nitrogens with one attached hydrogen (secondary N) is 2. The zero-order chi connectivity index (χ0) is 22.2. The molecule has 0 radical (unpaired) electrons. The van der Waals surface area contributed by atoms with E-state index >= 15 is 0 Å². The van der Waals surface area contributed by atoms with E-state index in [4.69, 9.17) is 18.6 Å². The fraction of sp³-hybridized carbons (Fsp3) is 0.250. The number of carbonyl (C=O) groups is 2. The molecular weight excluding hydrogens is 412 g/mol. The van der Waals surface area contributed by atoms with Gasteiger partial charge in [-0.05, 0) is 48.4 Å². The molecule has 1 aliphatic rings. The molecule has 0 atom stereocenters. The zero-order valence-corrected chi connectivity index (χ0v) is 17.5. The van der Waals surface area contributed by atoms with Crippen molar-refractivity contribution in [1.82, 2.24) is 5.32 Å². The van der Waals surface area contributed by atoms with Crippen molar-refractivity contribution in [2.24, 2.45) is 0 Å². The Labute approximate surface area is 185 Å². The van der Waals surface area contributed by atoms with E-state index in [0.29, 0.717) is 49.7 Å². The minimum Gasteiger partial charge on any atom is -0.486 e. The fourth-order valence-corrected chi connectivity index (χ4v) is 3.26. The molecule has 0 aliphatic carbocycles. The van der Waals surface area contributed by atoms with Gasteiger partial charge in [-0.1, -0.05) is 18.2 Å². The predicted molar refractivity (Wildman–Crippen MR) is 117 cm³/mol. The molecule has 3 aromatic rings. The van der Waals surface area contributed by atoms with Crippen LogP contribution in [-0.2, 0) is 22.5 Å². The number of para-hydroxylation sites is 1. The van der Waals surface area contributed by atoms with Crippen molar-refractivity contribution >= 4 is 17.6 Å². The standard InChI is InChI=1S/C24H24N2O6/c27-23(25-10-9-17-7-8-21-22(14-17)31-13-12-30-21)16-32-24(28)19-5-1-2-6-20(19)26-15-18-4-3-11-29-18/h1-8,11,14,26H,9-10,12-13,15-16H2,(H,25,27). The van der Waals surface area contributed by atoms with Gasteiger partial charge in [-0.25, -0.2) is 4.79 Å². The first-order valence-electron chi connectivity index (χ1n) is 10.4. The average molecular weight is 436 g/mol. The van der Waals surface area contributed by atoms with Gasteiger partial charge in [-0.3, -0.25) is 4.79 Å². The van der Waals surface area contributed by atoms with Crippen LogP contribution in [0.1, 0.15) is 21.7 Å². The molecule has 2 N–H and O–H groups in total. The third kappa shape index (κ3) is 5.60. The monoisotopic (exact) mass is 436 g/mol. The van der Waals surface area contributed by atoms with E-state index in [1.807, 2.05) is 30.3 Å². The molecule has 0 unspecified atom stereocenters. The van der Waals surface area contributed by atoms with E-state index in [9.17, 15) is 9.59 Å². The number of amides is 1. The van der Waals surface area contributed by atoms with E-state index in [2.05, 4.69) is 10.6 Å². The lowest BCUT2D eigenvalue weighted by Crippen LogP contribution is -2.30. The number of benzene rings is 2. The van der Waals surface area contributed by atoms with Crippen LogP contribution in [0, 0.1) is 0 Å². The van der Waals surface area contributed by atoms with E-state index in [-0.39, 0.29) is 12.5 Å². The van der Waals surface area contributed by atoms with Gasteiger partial charge in [0.05, 0.1) is 18.4 Å². The molecule has 0 saturated heterocycles. The predicted octanol–water partition coefficient (Wildman–Crippen LogP) is 3.18. The van der Waals surface area contributed by atoms with E-state index < -0.39 is 5.97 Å². The van der Waals surface area contributed by atoms with Crippen molar-refractivity contribution in [2.75, 3.05) is 31.7 Å². The second kappa shape index (κ2) is 10.4. The molecule has 0 saturated carbocycles. The van der Waals surface area contributed by atoms with Crippen LogP contribution in [0.3, 0.4) is 0 Å². The summed E-state index contributed by atoms with van der Waals surface area (Å²) in [6.45, 7) is 1.56. The maximum atomic E-state index is 12.5. The largest absolute Gasteiger partial charge is 0.486 e. The maximum Gasteiger partial charge on any atom is 0.340 e. The summed E-state index contributed by atoms with van der Waals surface area (Å²) in [6.07, 6.45) is 2.21. The topological polar surface area (TPSA) is 99.0 Å². The molecule has 2 aromatic carbocycles. The summed E-state index contributed by atoms with van der Waals surface area (Å²) in [5.41, 5.74) is 1.97. The Kier molecular flexibility index (Phi) is 6.91. The van der Waals surface area contributed by atoms with Crippen LogP contribution in [0.4, 0.5) is 5.69 Å². The van der Waals surface area contributed by atoms with Gasteiger partial charge in [0.1, 0.15) is 19.0 Å². The minimum atomic E-state index is -0.575. The Morgan fingerprint density at radius 2 is 1.81 bits per heavy atom. The van der Waals surface area contributed by atoms with Crippen molar-refractivity contribution in [1.29, 1.82) is 0 Å². The molecule has 2 heterocycles. The summed E-state index contributed by atoms with van der Waals surface area (Å²) in [5.74, 6) is 1.25. The normalized spacial score (nSPS) is 12.1. The fourth-order valence-electron chi connectivity index (χ4n) is 3.26. The Hall–Kier alpha value is -3.94. The van der Waals surface area contributed by atoms with Crippen molar-refractivity contribution in [3.8, 4) is 11.5 Å². The van der Waals surface area contributed by atoms with Gasteiger partial charge >= 0.3 is 5.97 Å². The van der Waals surface area contributed by atoms with Crippen LogP contribution in [0.25, 0.3) is 0 Å². The van der Waals surface area contributed by atoms with Gasteiger partial charge in [-0.2, -0.15) is 0 Å². The van der Waals surface area contributed by atoms with Crippen molar-refractivity contribution in [3.63, 3.8) is 0 Å². The van der Waals surface area contributed by atoms with Gasteiger partial charge in [0.2, 0.25) is 0 Å². The first-order valence-corrected chi connectivity index (χ1v) is 10.4. The number of anilines is 1. The molecule has 0 fully saturated rings. The molecule has 0 spiro atoms. The molecule has 166 valence electrons. The average Bonchev–Trinajstić information content (AvgIpc) is 3.35. The lowest BCUT2D eigenvalue weighted by atomic mass is 10.1. The second-order valence-electron chi connectivity index (χ2n) is 7.13. The number of furan rings is 1. The lowest BCUT2D eigenvalue weighted by molar-refractivity contribution is -0.124. The van der Waals surface area contributed by atoms with Gasteiger partial charge in [0.25, 0.3) is 5.91 Å². The number of rotatable bonds is 9. The van der Waals surface area contributed by atoms with Crippen LogP contribution in [0.2, 0.25) is 0 Å². The molecule has 4 rings (SSSR count). The summed E-state index contributed by atoms with van der Waals surface area (Å²) in [6, 6.07) is 16.3. The molecule has 1 aliphatic heterocycles.